The Morgan fingerprint density at radius 2 is 2.24 bits per heavy atom. The van der Waals surface area contributed by atoms with Crippen LogP contribution in [-0.2, 0) is 16.1 Å². The number of ether oxygens (including phenoxy) is 1. The molecular weight excluding hydrogens is 320 g/mol. The average Bonchev–Trinajstić information content (AvgIpc) is 2.91. The molecule has 7 nitrogen and oxygen atoms in total. The monoisotopic (exact) mass is 342 g/mol. The van der Waals surface area contributed by atoms with Crippen molar-refractivity contribution in [2.24, 2.45) is 0 Å². The largest absolute Gasteiger partial charge is 0.495 e. The molecule has 0 radical (unpaired) electrons. The minimum absolute atomic E-state index is 0.131. The number of nitrogens with zero attached hydrogens (tertiary/aromatic N) is 2. The number of para-hydroxylation sites is 1. The van der Waals surface area contributed by atoms with Gasteiger partial charge in [-0.25, -0.2) is 0 Å². The minimum Gasteiger partial charge on any atom is -0.495 e. The van der Waals surface area contributed by atoms with Crippen LogP contribution < -0.4 is 15.4 Å². The number of aryl methyl sites for hydroxylation is 2. The van der Waals surface area contributed by atoms with Crippen molar-refractivity contribution in [1.82, 2.24) is 15.1 Å². The topological polar surface area (TPSA) is 85.2 Å². The lowest BCUT2D eigenvalue weighted by Gasteiger charge is -2.26. The summed E-state index contributed by atoms with van der Waals surface area (Å²) in [4.78, 5) is 24.6. The average molecular weight is 342 g/mol. The number of carbonyl (C=O) groups excluding carboxylic acids is 2. The maximum absolute atomic E-state index is 12.6. The third-order valence-electron chi connectivity index (χ3n) is 4.35. The van der Waals surface area contributed by atoms with E-state index in [0.717, 1.165) is 17.0 Å². The minimum atomic E-state index is -0.515. The van der Waals surface area contributed by atoms with E-state index in [-0.39, 0.29) is 18.2 Å². The second kappa shape index (κ2) is 6.96. The number of hydrogen-bond donors (Lipinski definition) is 2. The number of anilines is 1. The van der Waals surface area contributed by atoms with Crippen LogP contribution in [0.5, 0.6) is 5.75 Å². The molecule has 7 heteroatoms. The summed E-state index contributed by atoms with van der Waals surface area (Å²) < 4.78 is 7.15. The number of benzene rings is 1. The quantitative estimate of drug-likeness (QED) is 0.867. The van der Waals surface area contributed by atoms with Gasteiger partial charge in [0.25, 0.3) is 0 Å². The van der Waals surface area contributed by atoms with E-state index in [9.17, 15) is 9.59 Å². The van der Waals surface area contributed by atoms with E-state index in [2.05, 4.69) is 15.7 Å². The highest BCUT2D eigenvalue weighted by Crippen LogP contribution is 2.38. The molecule has 0 bridgehead atoms. The number of rotatable bonds is 5. The third kappa shape index (κ3) is 3.50. The molecule has 3 rings (SSSR count). The first-order valence-corrected chi connectivity index (χ1v) is 8.25. The summed E-state index contributed by atoms with van der Waals surface area (Å²) in [6, 6.07) is 7.44. The third-order valence-corrected chi connectivity index (χ3v) is 4.35. The molecule has 1 aliphatic rings. The molecule has 25 heavy (non-hydrogen) atoms. The molecule has 0 spiro atoms. The van der Waals surface area contributed by atoms with Crippen LogP contribution in [0, 0.1) is 13.8 Å². The number of hydrogen-bond acceptors (Lipinski definition) is 4. The van der Waals surface area contributed by atoms with Gasteiger partial charge in [-0.05, 0) is 31.5 Å². The smallest absolute Gasteiger partial charge is 0.228 e. The van der Waals surface area contributed by atoms with Crippen molar-refractivity contribution in [3.8, 4) is 5.75 Å². The van der Waals surface area contributed by atoms with Crippen molar-refractivity contribution >= 4 is 17.5 Å². The van der Waals surface area contributed by atoms with E-state index in [4.69, 9.17) is 4.74 Å². The fraction of sp³-hybridized carbons (Fsp3) is 0.389. The lowest BCUT2D eigenvalue weighted by molar-refractivity contribution is -0.126. The lowest BCUT2D eigenvalue weighted by Crippen LogP contribution is -2.36. The zero-order valence-electron chi connectivity index (χ0n) is 14.6. The molecule has 2 aromatic rings. The van der Waals surface area contributed by atoms with Crippen LogP contribution in [0.15, 0.2) is 24.3 Å². The molecule has 2 N–H and O–H groups in total. The second-order valence-corrected chi connectivity index (χ2v) is 6.17. The van der Waals surface area contributed by atoms with Crippen LogP contribution in [0.4, 0.5) is 5.69 Å². The number of fused-ring (bicyclic) bond motifs is 1. The van der Waals surface area contributed by atoms with Gasteiger partial charge in [-0.3, -0.25) is 14.3 Å². The van der Waals surface area contributed by atoms with Crippen LogP contribution in [-0.4, -0.2) is 35.2 Å². The number of amides is 2. The molecule has 0 fully saturated rings. The molecule has 1 aliphatic heterocycles. The summed E-state index contributed by atoms with van der Waals surface area (Å²) in [5.74, 6) is -0.299. The first kappa shape index (κ1) is 17.0. The fourth-order valence-electron chi connectivity index (χ4n) is 3.17. The summed E-state index contributed by atoms with van der Waals surface area (Å²) in [6.07, 6.45) is 0.131. The number of nitrogens with one attached hydrogen (secondary N) is 2. The highest BCUT2D eigenvalue weighted by atomic mass is 16.5. The van der Waals surface area contributed by atoms with Crippen LogP contribution >= 0.6 is 0 Å². The standard InChI is InChI=1S/C18H22N4O3/c1-11-9-12(2)22(21-11)8-7-19-18(24)14-10-16(23)20-17-13(14)5-4-6-15(17)25-3/h4-6,9,14H,7-8,10H2,1-3H3,(H,19,24)(H,20,23)/t14-/m1/s1. The predicted octanol–water partition coefficient (Wildman–Crippen LogP) is 1.75. The fourth-order valence-corrected chi connectivity index (χ4v) is 3.17. The highest BCUT2D eigenvalue weighted by Gasteiger charge is 2.32. The Morgan fingerprint density at radius 3 is 2.92 bits per heavy atom. The molecular formula is C18H22N4O3. The number of methoxy groups -OCH3 is 1. The summed E-state index contributed by atoms with van der Waals surface area (Å²) >= 11 is 0. The molecule has 2 heterocycles. The summed E-state index contributed by atoms with van der Waals surface area (Å²) in [6.45, 7) is 4.97. The normalized spacial score (nSPS) is 16.1. The van der Waals surface area contributed by atoms with Gasteiger partial charge in [0.1, 0.15) is 5.75 Å². The summed E-state index contributed by atoms with van der Waals surface area (Å²) in [7, 11) is 1.54. The molecule has 0 saturated heterocycles. The maximum atomic E-state index is 12.6. The van der Waals surface area contributed by atoms with Gasteiger partial charge >= 0.3 is 0 Å². The van der Waals surface area contributed by atoms with Crippen molar-refractivity contribution in [2.45, 2.75) is 32.7 Å². The molecule has 1 aromatic heterocycles. The highest BCUT2D eigenvalue weighted by molar-refractivity contribution is 6.02. The van der Waals surface area contributed by atoms with Crippen LogP contribution in [0.3, 0.4) is 0 Å². The number of carbonyl (C=O) groups is 2. The van der Waals surface area contributed by atoms with Gasteiger partial charge in [0.05, 0.1) is 31.0 Å². The molecule has 2 amide bonds. The Hall–Kier alpha value is -2.83. The van der Waals surface area contributed by atoms with Gasteiger partial charge in [0.2, 0.25) is 11.8 Å². The first-order chi connectivity index (χ1) is 12.0. The zero-order chi connectivity index (χ0) is 18.0. The predicted molar refractivity (Wildman–Crippen MR) is 93.7 cm³/mol. The SMILES string of the molecule is COc1cccc2c1NC(=O)C[C@H]2C(=O)NCCn1nc(C)cc1C. The molecule has 0 unspecified atom stereocenters. The van der Waals surface area contributed by atoms with Crippen LogP contribution in [0.25, 0.3) is 0 Å². The van der Waals surface area contributed by atoms with Crippen LogP contribution in [0.2, 0.25) is 0 Å². The van der Waals surface area contributed by atoms with Crippen LogP contribution in [0.1, 0.15) is 29.3 Å². The Bertz CT molecular complexity index is 813. The van der Waals surface area contributed by atoms with E-state index >= 15 is 0 Å². The molecule has 132 valence electrons. The Kier molecular flexibility index (Phi) is 4.74. The zero-order valence-corrected chi connectivity index (χ0v) is 14.6. The summed E-state index contributed by atoms with van der Waals surface area (Å²) in [5.41, 5.74) is 3.37. The van der Waals surface area contributed by atoms with Crippen molar-refractivity contribution in [3.05, 3.63) is 41.2 Å². The first-order valence-electron chi connectivity index (χ1n) is 8.25. The molecule has 1 atom stereocenters. The van der Waals surface area contributed by atoms with Crippen molar-refractivity contribution < 1.29 is 14.3 Å². The molecule has 0 saturated carbocycles. The van der Waals surface area contributed by atoms with Crippen molar-refractivity contribution in [1.29, 1.82) is 0 Å². The Balaban J connectivity index is 1.70. The molecule has 1 aromatic carbocycles. The summed E-state index contributed by atoms with van der Waals surface area (Å²) in [5, 5.41) is 10.1. The Labute approximate surface area is 146 Å². The van der Waals surface area contributed by atoms with E-state index < -0.39 is 5.92 Å². The van der Waals surface area contributed by atoms with Gasteiger partial charge in [0.15, 0.2) is 0 Å². The van der Waals surface area contributed by atoms with Crippen molar-refractivity contribution in [3.63, 3.8) is 0 Å². The second-order valence-electron chi connectivity index (χ2n) is 6.17. The lowest BCUT2D eigenvalue weighted by atomic mass is 9.89. The number of aromatic nitrogens is 2. The van der Waals surface area contributed by atoms with E-state index in [0.29, 0.717) is 24.5 Å². The molecule has 0 aliphatic carbocycles. The van der Waals surface area contributed by atoms with Gasteiger partial charge in [-0.15, -0.1) is 0 Å². The van der Waals surface area contributed by atoms with E-state index in [1.807, 2.05) is 36.7 Å². The van der Waals surface area contributed by atoms with E-state index in [1.54, 1.807) is 13.2 Å². The van der Waals surface area contributed by atoms with Gasteiger partial charge < -0.3 is 15.4 Å². The van der Waals surface area contributed by atoms with Gasteiger partial charge in [-0.1, -0.05) is 12.1 Å². The maximum Gasteiger partial charge on any atom is 0.228 e. The van der Waals surface area contributed by atoms with Gasteiger partial charge in [0, 0.05) is 18.7 Å². The Morgan fingerprint density at radius 1 is 1.44 bits per heavy atom. The van der Waals surface area contributed by atoms with Crippen molar-refractivity contribution in [2.75, 3.05) is 19.0 Å². The van der Waals surface area contributed by atoms with E-state index in [1.165, 1.54) is 0 Å². The van der Waals surface area contributed by atoms with Gasteiger partial charge in [-0.2, -0.15) is 5.10 Å².